The van der Waals surface area contributed by atoms with Crippen molar-refractivity contribution in [2.24, 2.45) is 0 Å². The summed E-state index contributed by atoms with van der Waals surface area (Å²) < 4.78 is 3.08. The van der Waals surface area contributed by atoms with Crippen LogP contribution in [0.1, 0.15) is 18.3 Å². The summed E-state index contributed by atoms with van der Waals surface area (Å²) >= 11 is 11.3. The van der Waals surface area contributed by atoms with Crippen molar-refractivity contribution in [2.45, 2.75) is 31.2 Å². The molecule has 3 nitrogen and oxygen atoms in total. The third kappa shape index (κ3) is 2.90. The molecular formula is C12H13BrClN3S. The van der Waals surface area contributed by atoms with Crippen LogP contribution in [0.15, 0.2) is 27.8 Å². The lowest BCUT2D eigenvalue weighted by atomic mass is 10.4. The normalized spacial score (nSPS) is 10.9. The Kier molecular flexibility index (Phi) is 4.70. The van der Waals surface area contributed by atoms with E-state index >= 15 is 0 Å². The lowest BCUT2D eigenvalue weighted by Gasteiger charge is -2.06. The molecule has 0 aliphatic heterocycles. The zero-order chi connectivity index (χ0) is 13.1. The summed E-state index contributed by atoms with van der Waals surface area (Å²) in [5.41, 5.74) is 2.18. The molecule has 18 heavy (non-hydrogen) atoms. The van der Waals surface area contributed by atoms with Crippen molar-refractivity contribution >= 4 is 39.3 Å². The number of nitrogens with zero attached hydrogens (tertiary/aromatic N) is 3. The molecule has 2 rings (SSSR count). The van der Waals surface area contributed by atoms with Gasteiger partial charge in [0, 0.05) is 18.5 Å². The van der Waals surface area contributed by atoms with Gasteiger partial charge in [0.05, 0.1) is 20.9 Å². The fraction of sp³-hybridized carbons (Fsp3) is 0.333. The standard InChI is InChI=1S/C12H13BrClN3S/c1-3-17-10(11(13)8(2)16-17)7-18-12-9(14)5-4-6-15-12/h4-6H,3,7H2,1-2H3. The number of hydrogen-bond donors (Lipinski definition) is 0. The van der Waals surface area contributed by atoms with E-state index in [0.29, 0.717) is 5.02 Å². The Labute approximate surface area is 124 Å². The van der Waals surface area contributed by atoms with Crippen LogP contribution in [0.25, 0.3) is 0 Å². The van der Waals surface area contributed by atoms with Gasteiger partial charge in [-0.1, -0.05) is 23.4 Å². The van der Waals surface area contributed by atoms with Gasteiger partial charge in [0.2, 0.25) is 0 Å². The molecule has 0 radical (unpaired) electrons. The SMILES string of the molecule is CCn1nc(C)c(Br)c1CSc1ncccc1Cl. The monoisotopic (exact) mass is 345 g/mol. The molecule has 96 valence electrons. The molecule has 0 N–H and O–H groups in total. The Hall–Kier alpha value is -0.520. The number of hydrogen-bond acceptors (Lipinski definition) is 3. The van der Waals surface area contributed by atoms with Gasteiger partial charge < -0.3 is 0 Å². The molecule has 0 aliphatic rings. The Morgan fingerprint density at radius 1 is 1.50 bits per heavy atom. The summed E-state index contributed by atoms with van der Waals surface area (Å²) in [6.07, 6.45) is 1.76. The van der Waals surface area contributed by atoms with E-state index < -0.39 is 0 Å². The molecule has 0 aliphatic carbocycles. The summed E-state index contributed by atoms with van der Waals surface area (Å²) in [6.45, 7) is 4.94. The predicted octanol–water partition coefficient (Wildman–Crippen LogP) is 4.31. The highest BCUT2D eigenvalue weighted by molar-refractivity contribution is 9.10. The van der Waals surface area contributed by atoms with E-state index in [2.05, 4.69) is 32.9 Å². The fourth-order valence-corrected chi connectivity index (χ4v) is 3.42. The molecule has 2 aromatic heterocycles. The number of rotatable bonds is 4. The lowest BCUT2D eigenvalue weighted by molar-refractivity contribution is 0.631. The molecule has 2 heterocycles. The minimum Gasteiger partial charge on any atom is -0.268 e. The van der Waals surface area contributed by atoms with Crippen molar-refractivity contribution in [1.82, 2.24) is 14.8 Å². The molecule has 0 spiro atoms. The summed E-state index contributed by atoms with van der Waals surface area (Å²) in [5, 5.41) is 6.01. The van der Waals surface area contributed by atoms with E-state index in [9.17, 15) is 0 Å². The third-order valence-electron chi connectivity index (χ3n) is 2.52. The van der Waals surface area contributed by atoms with Crippen LogP contribution in [-0.4, -0.2) is 14.8 Å². The Balaban J connectivity index is 2.18. The summed E-state index contributed by atoms with van der Waals surface area (Å²) in [5.74, 6) is 0.798. The minimum absolute atomic E-state index is 0.693. The van der Waals surface area contributed by atoms with Crippen molar-refractivity contribution < 1.29 is 0 Å². The Morgan fingerprint density at radius 3 is 2.94 bits per heavy atom. The van der Waals surface area contributed by atoms with Gasteiger partial charge in [-0.15, -0.1) is 0 Å². The Morgan fingerprint density at radius 2 is 2.28 bits per heavy atom. The average molecular weight is 347 g/mol. The maximum Gasteiger partial charge on any atom is 0.115 e. The smallest absolute Gasteiger partial charge is 0.115 e. The number of thioether (sulfide) groups is 1. The fourth-order valence-electron chi connectivity index (χ4n) is 1.62. The third-order valence-corrected chi connectivity index (χ3v) is 4.99. The largest absolute Gasteiger partial charge is 0.268 e. The predicted molar refractivity (Wildman–Crippen MR) is 79.1 cm³/mol. The van der Waals surface area contributed by atoms with E-state index in [0.717, 1.165) is 27.5 Å². The number of pyridine rings is 1. The highest BCUT2D eigenvalue weighted by Crippen LogP contribution is 2.31. The molecule has 0 fully saturated rings. The van der Waals surface area contributed by atoms with Gasteiger partial charge >= 0.3 is 0 Å². The van der Waals surface area contributed by atoms with E-state index in [4.69, 9.17) is 11.6 Å². The number of halogens is 2. The second-order valence-electron chi connectivity index (χ2n) is 3.74. The van der Waals surface area contributed by atoms with Gasteiger partial charge in [-0.3, -0.25) is 4.68 Å². The first-order valence-electron chi connectivity index (χ1n) is 5.58. The maximum atomic E-state index is 6.09. The van der Waals surface area contributed by atoms with E-state index in [-0.39, 0.29) is 0 Å². The molecule has 0 saturated carbocycles. The van der Waals surface area contributed by atoms with Crippen LogP contribution >= 0.6 is 39.3 Å². The zero-order valence-electron chi connectivity index (χ0n) is 10.2. The quantitative estimate of drug-likeness (QED) is 0.773. The van der Waals surface area contributed by atoms with Gasteiger partial charge in [-0.25, -0.2) is 4.98 Å². The van der Waals surface area contributed by atoms with E-state index in [1.54, 1.807) is 18.0 Å². The first-order chi connectivity index (χ1) is 8.63. The average Bonchev–Trinajstić information content (AvgIpc) is 2.65. The molecule has 6 heteroatoms. The molecule has 2 aromatic rings. The van der Waals surface area contributed by atoms with Crippen LogP contribution in [0, 0.1) is 6.92 Å². The Bertz CT molecular complexity index is 556. The summed E-state index contributed by atoms with van der Waals surface area (Å²) in [4.78, 5) is 4.27. The van der Waals surface area contributed by atoms with Crippen molar-refractivity contribution in [1.29, 1.82) is 0 Å². The maximum absolute atomic E-state index is 6.09. The van der Waals surface area contributed by atoms with Gasteiger partial charge in [-0.2, -0.15) is 5.10 Å². The highest BCUT2D eigenvalue weighted by atomic mass is 79.9. The van der Waals surface area contributed by atoms with Gasteiger partial charge in [0.1, 0.15) is 5.03 Å². The molecule has 0 bridgehead atoms. The van der Waals surface area contributed by atoms with Crippen molar-refractivity contribution in [3.8, 4) is 0 Å². The van der Waals surface area contributed by atoms with Crippen molar-refractivity contribution in [3.05, 3.63) is 39.2 Å². The van der Waals surface area contributed by atoms with Gasteiger partial charge in [-0.05, 0) is 41.9 Å². The van der Waals surface area contributed by atoms with Crippen LogP contribution in [0.5, 0.6) is 0 Å². The number of aryl methyl sites for hydroxylation is 2. The molecule has 0 unspecified atom stereocenters. The molecular weight excluding hydrogens is 334 g/mol. The van der Waals surface area contributed by atoms with Crippen LogP contribution in [0.3, 0.4) is 0 Å². The first-order valence-corrected chi connectivity index (χ1v) is 7.74. The lowest BCUT2D eigenvalue weighted by Crippen LogP contribution is -2.01. The molecule has 0 saturated heterocycles. The van der Waals surface area contributed by atoms with Crippen LogP contribution in [0.4, 0.5) is 0 Å². The van der Waals surface area contributed by atoms with E-state index in [1.165, 1.54) is 5.69 Å². The summed E-state index contributed by atoms with van der Waals surface area (Å²) in [7, 11) is 0. The molecule has 0 atom stereocenters. The van der Waals surface area contributed by atoms with Gasteiger partial charge in [0.15, 0.2) is 0 Å². The second-order valence-corrected chi connectivity index (χ2v) is 5.91. The number of aromatic nitrogens is 3. The topological polar surface area (TPSA) is 30.7 Å². The van der Waals surface area contributed by atoms with E-state index in [1.807, 2.05) is 23.7 Å². The van der Waals surface area contributed by atoms with Gasteiger partial charge in [0.25, 0.3) is 0 Å². The van der Waals surface area contributed by atoms with Crippen molar-refractivity contribution in [3.63, 3.8) is 0 Å². The summed E-state index contributed by atoms with van der Waals surface area (Å²) in [6, 6.07) is 3.69. The highest BCUT2D eigenvalue weighted by Gasteiger charge is 2.13. The van der Waals surface area contributed by atoms with Crippen LogP contribution in [-0.2, 0) is 12.3 Å². The first kappa shape index (κ1) is 13.9. The van der Waals surface area contributed by atoms with Crippen LogP contribution in [0.2, 0.25) is 5.02 Å². The second kappa shape index (κ2) is 6.08. The van der Waals surface area contributed by atoms with Crippen LogP contribution < -0.4 is 0 Å². The van der Waals surface area contributed by atoms with Crippen molar-refractivity contribution in [2.75, 3.05) is 0 Å². The molecule has 0 aromatic carbocycles. The minimum atomic E-state index is 0.693. The molecule has 0 amide bonds. The zero-order valence-corrected chi connectivity index (χ0v) is 13.3.